The number of benzene rings is 7. The van der Waals surface area contributed by atoms with Gasteiger partial charge in [-0.25, -0.2) is 0 Å². The van der Waals surface area contributed by atoms with Crippen LogP contribution in [0, 0.1) is 5.41 Å². The van der Waals surface area contributed by atoms with E-state index in [1.165, 1.54) is 44.5 Å². The van der Waals surface area contributed by atoms with Crippen molar-refractivity contribution in [2.24, 2.45) is 0 Å². The van der Waals surface area contributed by atoms with E-state index in [0.717, 1.165) is 45.1 Å². The molecule has 0 atom stereocenters. The molecule has 0 aliphatic heterocycles. The number of anilines is 3. The molecule has 4 heteroatoms. The molecule has 0 radical (unpaired) electrons. The van der Waals surface area contributed by atoms with Crippen LogP contribution in [0.5, 0.6) is 0 Å². The Morgan fingerprint density at radius 3 is 1.79 bits per heavy atom. The molecule has 2 heterocycles. The Morgan fingerprint density at radius 1 is 0.528 bits per heavy atom. The van der Waals surface area contributed by atoms with Crippen LogP contribution >= 0.6 is 0 Å². The van der Waals surface area contributed by atoms with Gasteiger partial charge in [-0.05, 0) is 107 Å². The van der Waals surface area contributed by atoms with Gasteiger partial charge in [0.2, 0.25) is 0 Å². The van der Waals surface area contributed by atoms with E-state index in [1.54, 1.807) is 6.08 Å². The van der Waals surface area contributed by atoms with Gasteiger partial charge in [-0.2, -0.15) is 0 Å². The Labute approximate surface area is 308 Å². The molecule has 0 bridgehead atoms. The second kappa shape index (κ2) is 13.5. The summed E-state index contributed by atoms with van der Waals surface area (Å²) in [6, 6.07) is 62.6. The summed E-state index contributed by atoms with van der Waals surface area (Å²) in [7, 11) is 0. The zero-order valence-electron chi connectivity index (χ0n) is 29.1. The van der Waals surface area contributed by atoms with Crippen molar-refractivity contribution in [3.05, 3.63) is 206 Å². The number of nitrogens with zero attached hydrogens (tertiary/aromatic N) is 3. The van der Waals surface area contributed by atoms with Crippen LogP contribution in [-0.4, -0.2) is 15.3 Å². The van der Waals surface area contributed by atoms with E-state index >= 15 is 0 Å². The van der Waals surface area contributed by atoms with E-state index in [0.29, 0.717) is 0 Å². The van der Waals surface area contributed by atoms with Crippen LogP contribution in [0.4, 0.5) is 17.1 Å². The van der Waals surface area contributed by atoms with Crippen molar-refractivity contribution in [1.29, 1.82) is 5.41 Å². The third-order valence-corrected chi connectivity index (χ3v) is 10.0. The molecule has 9 rings (SSSR count). The quantitative estimate of drug-likeness (QED) is 0.120. The third-order valence-electron chi connectivity index (χ3n) is 10.0. The number of hydrogen-bond acceptors (Lipinski definition) is 2. The number of rotatable bonds is 9. The van der Waals surface area contributed by atoms with Crippen LogP contribution in [0.25, 0.3) is 60.8 Å². The zero-order chi connectivity index (χ0) is 35.7. The fraction of sp³-hybridized carbons (Fsp3) is 0. The fourth-order valence-electron chi connectivity index (χ4n) is 7.48. The van der Waals surface area contributed by atoms with Crippen molar-refractivity contribution in [2.45, 2.75) is 0 Å². The standard InChI is InChI=1S/C49H36N4/c1-35(12-11-32-50)36-19-23-41(24-20-36)52(42-25-21-38(22-26-42)37-13-5-2-6-14-37)43-27-29-48-46(34-43)44-28-30-47-45(31-33-51(47)39-15-7-3-8-16-39)49(44)53(48)40-17-9-4-10-18-40/h2-34,50H,1H2/b12-11-,50-32?. The summed E-state index contributed by atoms with van der Waals surface area (Å²) >= 11 is 0. The minimum Gasteiger partial charge on any atom is -0.316 e. The van der Waals surface area contributed by atoms with Crippen molar-refractivity contribution in [3.8, 4) is 22.5 Å². The first-order chi connectivity index (χ1) is 26.2. The molecule has 0 saturated heterocycles. The van der Waals surface area contributed by atoms with E-state index in [4.69, 9.17) is 5.41 Å². The Hall–Kier alpha value is -7.17. The van der Waals surface area contributed by atoms with Crippen LogP contribution in [0.1, 0.15) is 5.56 Å². The topological polar surface area (TPSA) is 37.0 Å². The molecule has 4 nitrogen and oxygen atoms in total. The number of hydrogen-bond donors (Lipinski definition) is 1. The summed E-state index contributed by atoms with van der Waals surface area (Å²) in [4.78, 5) is 2.32. The Kier molecular flexibility index (Phi) is 8.10. The summed E-state index contributed by atoms with van der Waals surface area (Å²) in [6.45, 7) is 4.21. The summed E-state index contributed by atoms with van der Waals surface area (Å²) in [5.74, 6) is 0. The summed E-state index contributed by atoms with van der Waals surface area (Å²) in [5.41, 5.74) is 13.2. The van der Waals surface area contributed by atoms with Gasteiger partial charge in [-0.15, -0.1) is 0 Å². The van der Waals surface area contributed by atoms with E-state index in [1.807, 2.05) is 12.1 Å². The van der Waals surface area contributed by atoms with Crippen LogP contribution in [0.2, 0.25) is 0 Å². The molecule has 0 amide bonds. The highest BCUT2D eigenvalue weighted by Crippen LogP contribution is 2.42. The van der Waals surface area contributed by atoms with Crippen LogP contribution < -0.4 is 4.90 Å². The number of allylic oxidation sites excluding steroid dienone is 3. The predicted molar refractivity (Wildman–Crippen MR) is 225 cm³/mol. The van der Waals surface area contributed by atoms with Gasteiger partial charge < -0.3 is 19.4 Å². The molecule has 1 N–H and O–H groups in total. The first-order valence-corrected chi connectivity index (χ1v) is 17.8. The maximum atomic E-state index is 7.38. The van der Waals surface area contributed by atoms with Gasteiger partial charge in [-0.1, -0.05) is 110 Å². The van der Waals surface area contributed by atoms with Crippen molar-refractivity contribution in [2.75, 3.05) is 4.90 Å². The number of aromatic nitrogens is 2. The largest absolute Gasteiger partial charge is 0.316 e. The van der Waals surface area contributed by atoms with Gasteiger partial charge in [-0.3, -0.25) is 0 Å². The normalized spacial score (nSPS) is 11.5. The van der Waals surface area contributed by atoms with Crippen molar-refractivity contribution in [1.82, 2.24) is 9.13 Å². The van der Waals surface area contributed by atoms with Crippen molar-refractivity contribution in [3.63, 3.8) is 0 Å². The molecule has 7 aromatic carbocycles. The maximum Gasteiger partial charge on any atom is 0.0635 e. The van der Waals surface area contributed by atoms with Crippen LogP contribution in [0.15, 0.2) is 201 Å². The molecule has 0 aliphatic carbocycles. The van der Waals surface area contributed by atoms with Crippen molar-refractivity contribution >= 4 is 61.6 Å². The smallest absolute Gasteiger partial charge is 0.0635 e. The van der Waals surface area contributed by atoms with Gasteiger partial charge in [0, 0.05) is 57.0 Å². The molecule has 0 spiro atoms. The molecule has 0 unspecified atom stereocenters. The van der Waals surface area contributed by atoms with Crippen LogP contribution in [0.3, 0.4) is 0 Å². The first-order valence-electron chi connectivity index (χ1n) is 17.8. The predicted octanol–water partition coefficient (Wildman–Crippen LogP) is 13.1. The van der Waals surface area contributed by atoms with Gasteiger partial charge in [0.15, 0.2) is 0 Å². The Morgan fingerprint density at radius 2 is 1.11 bits per heavy atom. The minimum atomic E-state index is 0.862. The highest BCUT2D eigenvalue weighted by Gasteiger charge is 2.20. The minimum absolute atomic E-state index is 0.862. The SMILES string of the molecule is C=C(/C=C\C=N)c1ccc(N(c2ccc(-c3ccccc3)cc2)c2ccc3c(c2)c2ccc4c(ccn4-c4ccccc4)c2n3-c2ccccc2)cc1. The lowest BCUT2D eigenvalue weighted by Crippen LogP contribution is -2.10. The molecule has 53 heavy (non-hydrogen) atoms. The molecule has 2 aromatic heterocycles. The molecule has 9 aromatic rings. The average molecular weight is 681 g/mol. The number of nitrogens with one attached hydrogen (secondary N) is 1. The molecule has 0 fully saturated rings. The lowest BCUT2D eigenvalue weighted by atomic mass is 10.0. The zero-order valence-corrected chi connectivity index (χ0v) is 29.1. The monoisotopic (exact) mass is 680 g/mol. The van der Waals surface area contributed by atoms with E-state index in [-0.39, 0.29) is 0 Å². The van der Waals surface area contributed by atoms with Gasteiger partial charge in [0.05, 0.1) is 16.6 Å². The van der Waals surface area contributed by atoms with Gasteiger partial charge >= 0.3 is 0 Å². The average Bonchev–Trinajstić information content (AvgIpc) is 3.81. The summed E-state index contributed by atoms with van der Waals surface area (Å²) in [5, 5.41) is 11.0. The Balaban J connectivity index is 1.24. The molecule has 252 valence electrons. The molecule has 0 saturated carbocycles. The summed E-state index contributed by atoms with van der Waals surface area (Å²) in [6.07, 6.45) is 7.01. The summed E-state index contributed by atoms with van der Waals surface area (Å²) < 4.78 is 4.68. The third kappa shape index (κ3) is 5.73. The lowest BCUT2D eigenvalue weighted by molar-refractivity contribution is 1.13. The molecule has 0 aliphatic rings. The number of fused-ring (bicyclic) bond motifs is 5. The van der Waals surface area contributed by atoms with Gasteiger partial charge in [0.25, 0.3) is 0 Å². The second-order valence-corrected chi connectivity index (χ2v) is 13.1. The highest BCUT2D eigenvalue weighted by molar-refractivity contribution is 6.19. The van der Waals surface area contributed by atoms with Crippen molar-refractivity contribution < 1.29 is 0 Å². The first kappa shape index (κ1) is 31.8. The number of para-hydroxylation sites is 2. The molecular formula is C49H36N4. The van der Waals surface area contributed by atoms with Gasteiger partial charge in [0.1, 0.15) is 0 Å². The van der Waals surface area contributed by atoms with E-state index in [9.17, 15) is 0 Å². The highest BCUT2D eigenvalue weighted by atomic mass is 15.1. The maximum absolute atomic E-state index is 7.38. The fourth-order valence-corrected chi connectivity index (χ4v) is 7.48. The lowest BCUT2D eigenvalue weighted by Gasteiger charge is -2.26. The van der Waals surface area contributed by atoms with E-state index in [2.05, 4.69) is 197 Å². The Bertz CT molecular complexity index is 2770. The molecular weight excluding hydrogens is 645 g/mol. The van der Waals surface area contributed by atoms with Crippen LogP contribution in [-0.2, 0) is 0 Å². The second-order valence-electron chi connectivity index (χ2n) is 13.1. The van der Waals surface area contributed by atoms with E-state index < -0.39 is 0 Å².